The second-order valence-corrected chi connectivity index (χ2v) is 19.7. The molecule has 0 aliphatic carbocycles. The highest BCUT2D eigenvalue weighted by Crippen LogP contribution is 2.23. The molecule has 0 aliphatic rings. The van der Waals surface area contributed by atoms with E-state index >= 15 is 0 Å². The van der Waals surface area contributed by atoms with E-state index in [1.54, 1.807) is 0 Å². The highest BCUT2D eigenvalue weighted by atomic mass is 16.5. The third-order valence-corrected chi connectivity index (χ3v) is 13.4. The van der Waals surface area contributed by atoms with E-state index in [4.69, 9.17) is 18.9 Å². The van der Waals surface area contributed by atoms with E-state index < -0.39 is 29.7 Å². The maximum Gasteiger partial charge on any atom is 0.339 e. The van der Waals surface area contributed by atoms with Crippen LogP contribution in [0.25, 0.3) is 0 Å². The van der Waals surface area contributed by atoms with Crippen molar-refractivity contribution in [2.24, 2.45) is 0 Å². The summed E-state index contributed by atoms with van der Waals surface area (Å²) in [5, 5.41) is 0. The average molecular weight is 975 g/mol. The summed E-state index contributed by atoms with van der Waals surface area (Å²) in [6, 6.07) is 8.63. The van der Waals surface area contributed by atoms with Crippen molar-refractivity contribution in [1.29, 1.82) is 0 Å². The van der Waals surface area contributed by atoms with E-state index in [9.17, 15) is 24.0 Å². The van der Waals surface area contributed by atoms with E-state index in [-0.39, 0.29) is 59.8 Å². The molecule has 0 radical (unpaired) electrons. The standard InChI is InChI=1S/C61H98O9/c1-5-9-13-17-21-25-29-33-37-45-67-58(63)53-43-41-51(49-55(53)60(65)69-47-39-35-31-27-23-19-15-11-7-3)57(62)52-42-44-54(59(64)68-46-38-34-30-26-22-18-14-10-6-2)56(50-52)61(66)70-48-40-36-32-28-24-20-16-12-8-4/h41-44,49-50H,5-40,45-48H2,1-4H3. The fourth-order valence-electron chi connectivity index (χ4n) is 8.85. The summed E-state index contributed by atoms with van der Waals surface area (Å²) in [7, 11) is 0. The molecular formula is C61H98O9. The van der Waals surface area contributed by atoms with Crippen molar-refractivity contribution in [2.45, 2.75) is 259 Å². The van der Waals surface area contributed by atoms with Crippen molar-refractivity contribution in [2.75, 3.05) is 26.4 Å². The molecular weight excluding hydrogens is 877 g/mol. The van der Waals surface area contributed by atoms with Crippen LogP contribution in [0.5, 0.6) is 0 Å². The molecule has 0 fully saturated rings. The summed E-state index contributed by atoms with van der Waals surface area (Å²) in [6.45, 7) is 9.72. The molecule has 0 atom stereocenters. The minimum absolute atomic E-state index is 0.0374. The lowest BCUT2D eigenvalue weighted by molar-refractivity contribution is 0.0450. The van der Waals surface area contributed by atoms with E-state index in [1.807, 2.05) is 0 Å². The Balaban J connectivity index is 2.23. The number of carbonyl (C=O) groups is 5. The van der Waals surface area contributed by atoms with Crippen LogP contribution in [0, 0.1) is 0 Å². The fraction of sp³-hybridized carbons (Fsp3) is 0.721. The van der Waals surface area contributed by atoms with Gasteiger partial charge in [-0.3, -0.25) is 4.79 Å². The molecule has 2 aromatic rings. The Morgan fingerprint density at radius 3 is 0.700 bits per heavy atom. The first-order valence-corrected chi connectivity index (χ1v) is 28.8. The van der Waals surface area contributed by atoms with Crippen LogP contribution >= 0.6 is 0 Å². The van der Waals surface area contributed by atoms with Gasteiger partial charge in [0.15, 0.2) is 5.78 Å². The predicted octanol–water partition coefficient (Wildman–Crippen LogP) is 17.7. The normalized spacial score (nSPS) is 11.1. The van der Waals surface area contributed by atoms with Crippen LogP contribution in [0.15, 0.2) is 36.4 Å². The van der Waals surface area contributed by atoms with Gasteiger partial charge in [0.25, 0.3) is 0 Å². The van der Waals surface area contributed by atoms with Gasteiger partial charge >= 0.3 is 23.9 Å². The molecule has 70 heavy (non-hydrogen) atoms. The Kier molecular flexibility index (Phi) is 37.8. The van der Waals surface area contributed by atoms with Crippen LogP contribution in [0.3, 0.4) is 0 Å². The SMILES string of the molecule is CCCCCCCCCCCOC(=O)c1ccc(C(=O)c2ccc(C(=O)OCCCCCCCCCCC)c(C(=O)OCCCCCCCCCCC)c2)cc1C(=O)OCCCCCCCCCCC. The Labute approximate surface area is 426 Å². The van der Waals surface area contributed by atoms with Gasteiger partial charge in [0.1, 0.15) is 0 Å². The molecule has 0 spiro atoms. The van der Waals surface area contributed by atoms with E-state index in [0.717, 1.165) is 89.9 Å². The molecule has 0 saturated carbocycles. The number of esters is 4. The van der Waals surface area contributed by atoms with Crippen LogP contribution in [0.2, 0.25) is 0 Å². The number of hydrogen-bond donors (Lipinski definition) is 0. The topological polar surface area (TPSA) is 122 Å². The zero-order valence-corrected chi connectivity index (χ0v) is 44.9. The quantitative estimate of drug-likeness (QED) is 0.0276. The Bertz CT molecular complexity index is 1580. The van der Waals surface area contributed by atoms with Gasteiger partial charge in [0.05, 0.1) is 48.7 Å². The summed E-state index contributed by atoms with van der Waals surface area (Å²) in [6.07, 6.45) is 40.5. The average Bonchev–Trinajstić information content (AvgIpc) is 3.37. The first-order chi connectivity index (χ1) is 34.3. The highest BCUT2D eigenvalue weighted by molar-refractivity contribution is 6.13. The maximum atomic E-state index is 14.3. The largest absolute Gasteiger partial charge is 0.462 e. The van der Waals surface area contributed by atoms with Gasteiger partial charge in [0, 0.05) is 11.1 Å². The monoisotopic (exact) mass is 975 g/mol. The fourth-order valence-corrected chi connectivity index (χ4v) is 8.85. The van der Waals surface area contributed by atoms with Crippen molar-refractivity contribution >= 4 is 29.7 Å². The van der Waals surface area contributed by atoms with Crippen molar-refractivity contribution in [3.8, 4) is 0 Å². The number of ketones is 1. The zero-order valence-electron chi connectivity index (χ0n) is 44.9. The molecule has 2 aromatic carbocycles. The second kappa shape index (κ2) is 42.7. The lowest BCUT2D eigenvalue weighted by Crippen LogP contribution is -2.18. The number of unbranched alkanes of at least 4 members (excludes halogenated alkanes) is 32. The van der Waals surface area contributed by atoms with Crippen LogP contribution in [0.1, 0.15) is 316 Å². The zero-order chi connectivity index (χ0) is 50.7. The summed E-state index contributed by atoms with van der Waals surface area (Å²) in [5.41, 5.74) is 0.235. The van der Waals surface area contributed by atoms with Crippen LogP contribution in [0.4, 0.5) is 0 Å². The molecule has 0 unspecified atom stereocenters. The van der Waals surface area contributed by atoms with Gasteiger partial charge in [-0.25, -0.2) is 19.2 Å². The minimum atomic E-state index is -0.699. The predicted molar refractivity (Wildman–Crippen MR) is 286 cm³/mol. The molecule has 0 saturated heterocycles. The minimum Gasteiger partial charge on any atom is -0.462 e. The van der Waals surface area contributed by atoms with Crippen LogP contribution < -0.4 is 0 Å². The van der Waals surface area contributed by atoms with Crippen LogP contribution in [-0.2, 0) is 18.9 Å². The Morgan fingerprint density at radius 2 is 0.471 bits per heavy atom. The molecule has 0 N–H and O–H groups in total. The van der Waals surface area contributed by atoms with Crippen molar-refractivity contribution in [3.63, 3.8) is 0 Å². The molecule has 0 aliphatic heterocycles. The molecule has 0 amide bonds. The number of rotatable bonds is 46. The lowest BCUT2D eigenvalue weighted by atomic mass is 9.95. The summed E-state index contributed by atoms with van der Waals surface area (Å²) in [4.78, 5) is 68.7. The number of hydrogen-bond acceptors (Lipinski definition) is 9. The number of ether oxygens (including phenoxy) is 4. The van der Waals surface area contributed by atoms with Gasteiger partial charge in [-0.1, -0.05) is 245 Å². The van der Waals surface area contributed by atoms with Crippen molar-refractivity contribution in [3.05, 3.63) is 69.8 Å². The van der Waals surface area contributed by atoms with Gasteiger partial charge in [-0.05, 0) is 49.9 Å². The van der Waals surface area contributed by atoms with E-state index in [0.29, 0.717) is 12.8 Å². The number of carbonyl (C=O) groups excluding carboxylic acids is 5. The summed E-state index contributed by atoms with van der Waals surface area (Å²) >= 11 is 0. The van der Waals surface area contributed by atoms with E-state index in [2.05, 4.69) is 27.7 Å². The lowest BCUT2D eigenvalue weighted by Gasteiger charge is -2.13. The Hall–Kier alpha value is -4.01. The van der Waals surface area contributed by atoms with Gasteiger partial charge < -0.3 is 18.9 Å². The molecule has 0 bridgehead atoms. The molecule has 9 heteroatoms. The van der Waals surface area contributed by atoms with E-state index in [1.165, 1.54) is 165 Å². The van der Waals surface area contributed by atoms with Gasteiger partial charge in [-0.15, -0.1) is 0 Å². The molecule has 0 heterocycles. The second-order valence-electron chi connectivity index (χ2n) is 19.7. The van der Waals surface area contributed by atoms with Crippen molar-refractivity contribution in [1.82, 2.24) is 0 Å². The Morgan fingerprint density at radius 1 is 0.271 bits per heavy atom. The molecule has 2 rings (SSSR count). The first kappa shape index (κ1) is 62.1. The van der Waals surface area contributed by atoms with Gasteiger partial charge in [-0.2, -0.15) is 0 Å². The molecule has 0 aromatic heterocycles. The van der Waals surface area contributed by atoms with Gasteiger partial charge in [0.2, 0.25) is 0 Å². The number of benzene rings is 2. The van der Waals surface area contributed by atoms with Crippen LogP contribution in [-0.4, -0.2) is 56.1 Å². The first-order valence-electron chi connectivity index (χ1n) is 28.8. The third-order valence-electron chi connectivity index (χ3n) is 13.4. The third kappa shape index (κ3) is 28.7. The smallest absolute Gasteiger partial charge is 0.339 e. The summed E-state index contributed by atoms with van der Waals surface area (Å²) < 4.78 is 22.8. The molecule has 9 nitrogen and oxygen atoms in total. The maximum absolute atomic E-state index is 14.3. The highest BCUT2D eigenvalue weighted by Gasteiger charge is 2.25. The summed E-state index contributed by atoms with van der Waals surface area (Å²) in [5.74, 6) is -3.18. The van der Waals surface area contributed by atoms with Crippen molar-refractivity contribution < 1.29 is 42.9 Å². The molecule has 396 valence electrons.